The van der Waals surface area contributed by atoms with Crippen LogP contribution in [-0.4, -0.2) is 29.6 Å². The maximum absolute atomic E-state index is 12.8. The van der Waals surface area contributed by atoms with Gasteiger partial charge in [-0.1, -0.05) is 31.4 Å². The summed E-state index contributed by atoms with van der Waals surface area (Å²) in [5, 5.41) is 5.98. The lowest BCUT2D eigenvalue weighted by molar-refractivity contribution is -0.117. The van der Waals surface area contributed by atoms with Crippen LogP contribution in [0.25, 0.3) is 0 Å². The van der Waals surface area contributed by atoms with Crippen LogP contribution in [0.4, 0.5) is 10.8 Å². The molecule has 1 saturated carbocycles. The van der Waals surface area contributed by atoms with E-state index in [4.69, 9.17) is 4.74 Å². The Bertz CT molecular complexity index is 744. The lowest BCUT2D eigenvalue weighted by Crippen LogP contribution is -2.39. The minimum atomic E-state index is -0.140. The topological polar surface area (TPSA) is 54.5 Å². The maximum Gasteiger partial charge on any atom is 0.247 e. The van der Waals surface area contributed by atoms with Crippen LogP contribution in [0, 0.1) is 0 Å². The van der Waals surface area contributed by atoms with Crippen molar-refractivity contribution in [2.24, 2.45) is 0 Å². The Balaban J connectivity index is 1.35. The first-order valence-electron chi connectivity index (χ1n) is 9.97. The molecule has 1 N–H and O–H groups in total. The molecular formula is C21H27N3O2S. The monoisotopic (exact) mass is 385 g/mol. The van der Waals surface area contributed by atoms with E-state index >= 15 is 0 Å². The summed E-state index contributed by atoms with van der Waals surface area (Å²) in [6, 6.07) is 7.89. The number of nitrogens with one attached hydrogen (secondary N) is 1. The third-order valence-electron chi connectivity index (χ3n) is 5.45. The van der Waals surface area contributed by atoms with Gasteiger partial charge in [-0.2, -0.15) is 0 Å². The van der Waals surface area contributed by atoms with E-state index in [0.29, 0.717) is 12.7 Å². The molecule has 1 saturated heterocycles. The summed E-state index contributed by atoms with van der Waals surface area (Å²) in [4.78, 5) is 19.3. The summed E-state index contributed by atoms with van der Waals surface area (Å²) in [7, 11) is 0. The molecule has 5 nitrogen and oxygen atoms in total. The molecule has 1 aliphatic carbocycles. The molecule has 1 aliphatic heterocycles. The normalized spacial score (nSPS) is 20.7. The third kappa shape index (κ3) is 4.68. The lowest BCUT2D eigenvalue weighted by Gasteiger charge is -2.23. The van der Waals surface area contributed by atoms with Crippen LogP contribution in [0.5, 0.6) is 0 Å². The first kappa shape index (κ1) is 18.4. The highest BCUT2D eigenvalue weighted by Crippen LogP contribution is 2.28. The molecule has 1 atom stereocenters. The molecule has 1 amide bonds. The number of rotatable bonds is 6. The van der Waals surface area contributed by atoms with Gasteiger partial charge in [0, 0.05) is 23.8 Å². The Labute approximate surface area is 164 Å². The quantitative estimate of drug-likeness (QED) is 0.789. The number of anilines is 2. The van der Waals surface area contributed by atoms with E-state index in [9.17, 15) is 4.79 Å². The van der Waals surface area contributed by atoms with Crippen LogP contribution in [0.15, 0.2) is 35.8 Å². The Kier molecular flexibility index (Phi) is 6.04. The van der Waals surface area contributed by atoms with E-state index in [-0.39, 0.29) is 11.9 Å². The molecule has 0 spiro atoms. The minimum absolute atomic E-state index is 0.0491. The molecule has 0 bridgehead atoms. The molecular weight excluding hydrogens is 358 g/mol. The molecule has 2 aromatic rings. The summed E-state index contributed by atoms with van der Waals surface area (Å²) in [5.74, 6) is 0.0491. The Morgan fingerprint density at radius 1 is 1.22 bits per heavy atom. The van der Waals surface area contributed by atoms with Gasteiger partial charge in [0.15, 0.2) is 5.13 Å². The number of hydrogen-bond acceptors (Lipinski definition) is 5. The summed E-state index contributed by atoms with van der Waals surface area (Å²) >= 11 is 1.59. The molecule has 1 aromatic carbocycles. The van der Waals surface area contributed by atoms with Crippen LogP contribution in [-0.2, 0) is 16.1 Å². The van der Waals surface area contributed by atoms with E-state index in [0.717, 1.165) is 35.8 Å². The van der Waals surface area contributed by atoms with Crippen molar-refractivity contribution in [2.45, 2.75) is 63.7 Å². The summed E-state index contributed by atoms with van der Waals surface area (Å²) in [6.45, 7) is 1.50. The number of aromatic nitrogens is 1. The van der Waals surface area contributed by atoms with Gasteiger partial charge in [-0.25, -0.2) is 4.98 Å². The maximum atomic E-state index is 12.8. The van der Waals surface area contributed by atoms with Gasteiger partial charge in [-0.3, -0.25) is 4.79 Å². The number of ether oxygens (including phenoxy) is 1. The van der Waals surface area contributed by atoms with Crippen LogP contribution in [0.1, 0.15) is 50.5 Å². The van der Waals surface area contributed by atoms with Gasteiger partial charge < -0.3 is 15.0 Å². The van der Waals surface area contributed by atoms with Crippen molar-refractivity contribution < 1.29 is 9.53 Å². The van der Waals surface area contributed by atoms with E-state index in [1.165, 1.54) is 32.1 Å². The van der Waals surface area contributed by atoms with Crippen molar-refractivity contribution in [3.8, 4) is 0 Å². The number of nitrogens with zero attached hydrogens (tertiary/aromatic N) is 2. The summed E-state index contributed by atoms with van der Waals surface area (Å²) < 4.78 is 6.07. The summed E-state index contributed by atoms with van der Waals surface area (Å²) in [6.07, 6.45) is 10.3. The van der Waals surface area contributed by atoms with Crippen molar-refractivity contribution in [3.63, 3.8) is 0 Å². The molecule has 1 unspecified atom stereocenters. The second-order valence-electron chi connectivity index (χ2n) is 7.43. The molecule has 1 aromatic heterocycles. The predicted octanol–water partition coefficient (Wildman–Crippen LogP) is 4.60. The zero-order chi connectivity index (χ0) is 18.5. The van der Waals surface area contributed by atoms with Crippen molar-refractivity contribution in [1.82, 2.24) is 4.98 Å². The van der Waals surface area contributed by atoms with Gasteiger partial charge in [0.25, 0.3) is 0 Å². The fourth-order valence-corrected chi connectivity index (χ4v) is 4.76. The largest absolute Gasteiger partial charge is 0.374 e. The zero-order valence-electron chi connectivity index (χ0n) is 15.6. The molecule has 2 aliphatic rings. The Hall–Kier alpha value is -1.92. The molecule has 6 heteroatoms. The highest BCUT2D eigenvalue weighted by Gasteiger charge is 2.32. The van der Waals surface area contributed by atoms with Crippen LogP contribution < -0.4 is 10.2 Å². The van der Waals surface area contributed by atoms with Crippen LogP contribution in [0.2, 0.25) is 0 Å². The first-order valence-corrected chi connectivity index (χ1v) is 10.8. The standard InChI is InChI=1S/C21H27N3O2S/c25-20(19-10-5-12-24(19)21-22-11-13-27-21)23-17-7-4-6-16(14-17)15-26-18-8-2-1-3-9-18/h4,6-7,11,13-14,18-19H,1-3,5,8-10,12,15H2,(H,23,25). The van der Waals surface area contributed by atoms with Gasteiger partial charge in [0.05, 0.1) is 12.7 Å². The van der Waals surface area contributed by atoms with E-state index in [2.05, 4.69) is 21.3 Å². The van der Waals surface area contributed by atoms with E-state index in [1.54, 1.807) is 17.5 Å². The summed E-state index contributed by atoms with van der Waals surface area (Å²) in [5.41, 5.74) is 1.96. The minimum Gasteiger partial charge on any atom is -0.374 e. The van der Waals surface area contributed by atoms with Crippen LogP contribution in [0.3, 0.4) is 0 Å². The third-order valence-corrected chi connectivity index (χ3v) is 6.26. The highest BCUT2D eigenvalue weighted by atomic mass is 32.1. The molecule has 0 radical (unpaired) electrons. The SMILES string of the molecule is O=C(Nc1cccc(COC2CCCCC2)c1)C1CCCN1c1nccs1. The molecule has 2 fully saturated rings. The highest BCUT2D eigenvalue weighted by molar-refractivity contribution is 7.13. The van der Waals surface area contributed by atoms with Gasteiger partial charge in [-0.05, 0) is 43.4 Å². The fourth-order valence-electron chi connectivity index (χ4n) is 4.04. The van der Waals surface area contributed by atoms with Gasteiger partial charge >= 0.3 is 0 Å². The second kappa shape index (κ2) is 8.85. The molecule has 27 heavy (non-hydrogen) atoms. The average molecular weight is 386 g/mol. The van der Waals surface area contributed by atoms with Crippen molar-refractivity contribution in [1.29, 1.82) is 0 Å². The zero-order valence-corrected chi connectivity index (χ0v) is 16.4. The average Bonchev–Trinajstić information content (AvgIpc) is 3.39. The van der Waals surface area contributed by atoms with Crippen molar-refractivity contribution in [3.05, 3.63) is 41.4 Å². The van der Waals surface area contributed by atoms with E-state index < -0.39 is 0 Å². The molecule has 2 heterocycles. The van der Waals surface area contributed by atoms with Gasteiger partial charge in [-0.15, -0.1) is 11.3 Å². The number of amides is 1. The molecule has 144 valence electrons. The van der Waals surface area contributed by atoms with Gasteiger partial charge in [0.2, 0.25) is 5.91 Å². The predicted molar refractivity (Wildman–Crippen MR) is 109 cm³/mol. The number of carbonyl (C=O) groups excluding carboxylic acids is 1. The lowest BCUT2D eigenvalue weighted by atomic mass is 9.98. The van der Waals surface area contributed by atoms with E-state index in [1.807, 2.05) is 23.6 Å². The smallest absolute Gasteiger partial charge is 0.247 e. The number of hydrogen-bond donors (Lipinski definition) is 1. The number of carbonyl (C=O) groups is 1. The molecule has 4 rings (SSSR count). The second-order valence-corrected chi connectivity index (χ2v) is 8.30. The van der Waals surface area contributed by atoms with Gasteiger partial charge in [0.1, 0.15) is 6.04 Å². The first-order chi connectivity index (χ1) is 13.3. The Morgan fingerprint density at radius 3 is 2.93 bits per heavy atom. The van der Waals surface area contributed by atoms with Crippen molar-refractivity contribution in [2.75, 3.05) is 16.8 Å². The number of benzene rings is 1. The number of thiazole rings is 1. The fraction of sp³-hybridized carbons (Fsp3) is 0.524. The van der Waals surface area contributed by atoms with Crippen molar-refractivity contribution >= 4 is 28.1 Å². The Morgan fingerprint density at radius 2 is 2.11 bits per heavy atom. The van der Waals surface area contributed by atoms with Crippen LogP contribution >= 0.6 is 11.3 Å².